The lowest BCUT2D eigenvalue weighted by molar-refractivity contribution is -0.137. The van der Waals surface area contributed by atoms with Crippen molar-refractivity contribution < 1.29 is 32.3 Å². The number of rotatable bonds is 19. The number of hydrogen-bond acceptors (Lipinski definition) is 9. The molecular formula is C63H62N7O7S+. The van der Waals surface area contributed by atoms with Gasteiger partial charge in [0.2, 0.25) is 27.0 Å². The lowest BCUT2D eigenvalue weighted by atomic mass is 9.93. The number of nitrogens with zero attached hydrogens (tertiary/aromatic N) is 5. The van der Waals surface area contributed by atoms with Crippen LogP contribution in [0, 0.1) is 11.3 Å². The van der Waals surface area contributed by atoms with Crippen LogP contribution in [0.15, 0.2) is 191 Å². The van der Waals surface area contributed by atoms with Gasteiger partial charge in [0.1, 0.15) is 36.2 Å². The molecule has 0 atom stereocenters. The molecule has 0 unspecified atom stereocenters. The molecule has 1 saturated heterocycles. The number of sulfonamides is 1. The number of carboxylic acid groups (broad SMARTS) is 1. The van der Waals surface area contributed by atoms with Crippen LogP contribution >= 0.6 is 0 Å². The lowest BCUT2D eigenvalue weighted by Gasteiger charge is -2.31. The van der Waals surface area contributed by atoms with E-state index in [1.54, 1.807) is 24.3 Å². The van der Waals surface area contributed by atoms with Crippen molar-refractivity contribution in [1.82, 2.24) is 24.0 Å². The molecule has 3 N–H and O–H groups in total. The first kappa shape index (κ1) is 52.8. The zero-order valence-electron chi connectivity index (χ0n) is 43.7. The molecule has 3 heterocycles. The Labute approximate surface area is 454 Å². The summed E-state index contributed by atoms with van der Waals surface area (Å²) in [4.78, 5) is 26.7. The van der Waals surface area contributed by atoms with E-state index in [1.165, 1.54) is 8.99 Å². The van der Waals surface area contributed by atoms with Crippen LogP contribution < -0.4 is 30.4 Å². The number of carboxylic acids is 1. The minimum Gasteiger partial charge on any atom is -0.489 e. The molecule has 1 amide bonds. The Morgan fingerprint density at radius 1 is 0.782 bits per heavy atom. The van der Waals surface area contributed by atoms with E-state index in [0.717, 1.165) is 68.5 Å². The van der Waals surface area contributed by atoms with Crippen molar-refractivity contribution in [2.24, 2.45) is 5.92 Å². The number of piperidine rings is 1. The van der Waals surface area contributed by atoms with E-state index in [0.29, 0.717) is 67.3 Å². The number of hydrogen-bond donors (Lipinski definition) is 3. The van der Waals surface area contributed by atoms with Crippen molar-refractivity contribution in [3.05, 3.63) is 204 Å². The number of carbonyl (C=O) groups excluding carboxylic acids is 1. The Hall–Kier alpha value is -8.66. The fourth-order valence-electron chi connectivity index (χ4n) is 10.1. The van der Waals surface area contributed by atoms with Crippen molar-refractivity contribution in [2.45, 2.75) is 56.6 Å². The molecule has 15 heteroatoms. The Bertz CT molecular complexity index is 3800. The average Bonchev–Trinajstić information content (AvgIpc) is 3.54. The maximum Gasteiger partial charge on any atom is 0.303 e. The third-order valence-electron chi connectivity index (χ3n) is 14.5. The summed E-state index contributed by atoms with van der Waals surface area (Å²) in [5.41, 5.74) is 9.63. The summed E-state index contributed by atoms with van der Waals surface area (Å²) in [6, 6.07) is 58.8. The predicted molar refractivity (Wildman–Crippen MR) is 304 cm³/mol. The SMILES string of the molecule is CN(c1ccccc1)c1ccc2c(-c3ccccc3S(=O)(=O)N3CCC(C(=O)NCCCc4ccc(COc5ccc(-c6ccc(=N)n(CCCC(=O)O)n6)cc5)cc4)CC3)c3ccc(=[N+](C)c4ccccc4)cc-3oc2c1. The molecule has 7 aromatic rings. The Morgan fingerprint density at radius 2 is 1.49 bits per heavy atom. The quantitative estimate of drug-likeness (QED) is 0.0405. The van der Waals surface area contributed by atoms with Crippen LogP contribution in [0.4, 0.5) is 17.1 Å². The monoisotopic (exact) mass is 1060 g/mol. The molecule has 3 aliphatic rings. The van der Waals surface area contributed by atoms with Gasteiger partial charge in [0.15, 0.2) is 0 Å². The highest BCUT2D eigenvalue weighted by Gasteiger charge is 2.34. The minimum atomic E-state index is -4.01. The van der Waals surface area contributed by atoms with Gasteiger partial charge in [-0.05, 0) is 116 Å². The molecule has 2 aliphatic heterocycles. The number of anilines is 2. The Morgan fingerprint density at radius 3 is 2.23 bits per heavy atom. The van der Waals surface area contributed by atoms with Crippen molar-refractivity contribution in [2.75, 3.05) is 38.6 Å². The zero-order valence-corrected chi connectivity index (χ0v) is 44.5. The predicted octanol–water partition coefficient (Wildman–Crippen LogP) is 10.6. The van der Waals surface area contributed by atoms with Crippen molar-refractivity contribution in [3.8, 4) is 39.5 Å². The molecule has 0 saturated carbocycles. The van der Waals surface area contributed by atoms with E-state index in [9.17, 15) is 18.0 Å². The molecule has 6 aromatic carbocycles. The summed E-state index contributed by atoms with van der Waals surface area (Å²) < 4.78 is 47.7. The van der Waals surface area contributed by atoms with Gasteiger partial charge >= 0.3 is 5.97 Å². The Kier molecular flexibility index (Phi) is 16.0. The van der Waals surface area contributed by atoms with Crippen LogP contribution in [0.1, 0.15) is 43.2 Å². The molecule has 1 fully saturated rings. The van der Waals surface area contributed by atoms with Crippen LogP contribution in [0.3, 0.4) is 0 Å². The fourth-order valence-corrected chi connectivity index (χ4v) is 11.7. The van der Waals surface area contributed by atoms with E-state index in [2.05, 4.69) is 56.3 Å². The standard InChI is InChI=1S/C63H61N7O7S/c1-67(48-14-5-3-6-15-48)50-27-31-53-57(41-50)77-58-42-51(68(2)49-16-7-4-8-17-49)28-32-54(58)62(53)55-18-9-10-19-59(55)78(74,75)69-39-35-47(36-40-69)63(73)65-37-11-13-44-21-23-45(24-22-44)43-76-52-29-25-46(26-30-52)56-33-34-60(64)70(66-56)38-12-20-61(71)72/h3-10,14-19,21-34,41-42,47,64H,11-13,20,35-40,43H2,1-2H3,(H-,65,71,72,73)/p+1. The molecule has 10 rings (SSSR count). The number of carbonyl (C=O) groups is 2. The first-order valence-electron chi connectivity index (χ1n) is 26.3. The van der Waals surface area contributed by atoms with E-state index in [4.69, 9.17) is 19.7 Å². The number of fused-ring (bicyclic) bond motifs is 2. The van der Waals surface area contributed by atoms with Crippen LogP contribution in [-0.2, 0) is 39.2 Å². The van der Waals surface area contributed by atoms with Gasteiger partial charge in [-0.15, -0.1) is 0 Å². The molecule has 1 aliphatic carbocycles. The van der Waals surface area contributed by atoms with Gasteiger partial charge in [-0.25, -0.2) is 13.1 Å². The van der Waals surface area contributed by atoms with Crippen molar-refractivity contribution in [1.29, 1.82) is 5.41 Å². The highest BCUT2D eigenvalue weighted by atomic mass is 32.2. The van der Waals surface area contributed by atoms with E-state index < -0.39 is 16.0 Å². The first-order valence-corrected chi connectivity index (χ1v) is 27.8. The highest BCUT2D eigenvalue weighted by molar-refractivity contribution is 7.89. The van der Waals surface area contributed by atoms with Gasteiger partial charge in [0.05, 0.1) is 16.7 Å². The third kappa shape index (κ3) is 12.0. The van der Waals surface area contributed by atoms with Gasteiger partial charge < -0.3 is 24.5 Å². The van der Waals surface area contributed by atoms with Gasteiger partial charge in [-0.2, -0.15) is 14.0 Å². The summed E-state index contributed by atoms with van der Waals surface area (Å²) in [5, 5.41) is 26.4. The second-order valence-corrected chi connectivity index (χ2v) is 21.6. The van der Waals surface area contributed by atoms with Crippen LogP contribution in [0.25, 0.3) is 44.7 Å². The maximum absolute atomic E-state index is 14.9. The minimum absolute atomic E-state index is 0.0190. The first-order chi connectivity index (χ1) is 37.9. The number of nitrogens with one attached hydrogen (secondary N) is 2. The average molecular weight is 1060 g/mol. The zero-order chi connectivity index (χ0) is 54.2. The molecule has 0 bridgehead atoms. The fraction of sp³-hybridized carbons (Fsp3) is 0.222. The topological polar surface area (TPSA) is 174 Å². The number of aliphatic carboxylic acids is 1. The Balaban J connectivity index is 0.760. The molecule has 0 spiro atoms. The van der Waals surface area contributed by atoms with Gasteiger partial charge in [0, 0.05) is 109 Å². The van der Waals surface area contributed by atoms with E-state index >= 15 is 0 Å². The normalized spacial score (nSPS) is 13.6. The van der Waals surface area contributed by atoms with Gasteiger partial charge in [-0.3, -0.25) is 15.0 Å². The van der Waals surface area contributed by atoms with Crippen LogP contribution in [0.5, 0.6) is 5.75 Å². The smallest absolute Gasteiger partial charge is 0.303 e. The summed E-state index contributed by atoms with van der Waals surface area (Å²) in [7, 11) is 0.0180. The number of aryl methyl sites for hydroxylation is 2. The highest BCUT2D eigenvalue weighted by Crippen LogP contribution is 2.44. The van der Waals surface area contributed by atoms with Gasteiger partial charge in [0.25, 0.3) is 0 Å². The van der Waals surface area contributed by atoms with Gasteiger partial charge in [-0.1, -0.05) is 78.9 Å². The summed E-state index contributed by atoms with van der Waals surface area (Å²) in [6.45, 7) is 1.70. The molecule has 1 aromatic heterocycles. The van der Waals surface area contributed by atoms with Crippen molar-refractivity contribution >= 4 is 49.9 Å². The molecule has 0 radical (unpaired) electrons. The molecule has 396 valence electrons. The van der Waals surface area contributed by atoms with Crippen LogP contribution in [-0.4, -0.2) is 73.2 Å². The number of ether oxygens (including phenoxy) is 1. The number of para-hydroxylation sites is 2. The van der Waals surface area contributed by atoms with Crippen molar-refractivity contribution in [3.63, 3.8) is 0 Å². The number of amides is 1. The second kappa shape index (κ2) is 23.7. The summed E-state index contributed by atoms with van der Waals surface area (Å²) in [6.07, 6.45) is 2.79. The number of aromatic nitrogens is 2. The maximum atomic E-state index is 14.9. The molecule has 14 nitrogen and oxygen atoms in total. The third-order valence-corrected chi connectivity index (χ3v) is 16.5. The summed E-state index contributed by atoms with van der Waals surface area (Å²) in [5.74, 6) is 0.107. The second-order valence-electron chi connectivity index (χ2n) is 19.7. The lowest BCUT2D eigenvalue weighted by Crippen LogP contribution is -2.43. The number of benzene rings is 7. The van der Waals surface area contributed by atoms with E-state index in [-0.39, 0.29) is 41.7 Å². The van der Waals surface area contributed by atoms with Crippen LogP contribution in [0.2, 0.25) is 0 Å². The molecular weight excluding hydrogens is 999 g/mol. The van der Waals surface area contributed by atoms with E-state index in [1.807, 2.05) is 135 Å². The summed E-state index contributed by atoms with van der Waals surface area (Å²) >= 11 is 0. The molecule has 78 heavy (non-hydrogen) atoms. The largest absolute Gasteiger partial charge is 0.489 e.